The number of aromatic nitrogens is 5. The number of hydrogen-bond acceptors (Lipinski definition) is 6. The Morgan fingerprint density at radius 1 is 1.13 bits per heavy atom. The molecule has 0 saturated carbocycles. The predicted octanol–water partition coefficient (Wildman–Crippen LogP) is 3.14. The van der Waals surface area contributed by atoms with Crippen molar-refractivity contribution in [3.63, 3.8) is 0 Å². The van der Waals surface area contributed by atoms with Crippen LogP contribution in [0.5, 0.6) is 0 Å². The van der Waals surface area contributed by atoms with Crippen molar-refractivity contribution in [2.75, 3.05) is 26.0 Å². The van der Waals surface area contributed by atoms with Gasteiger partial charge in [-0.2, -0.15) is 0 Å². The van der Waals surface area contributed by atoms with E-state index < -0.39 is 0 Å². The molecule has 0 radical (unpaired) electrons. The van der Waals surface area contributed by atoms with Crippen molar-refractivity contribution < 1.29 is 4.79 Å². The molecule has 0 saturated heterocycles. The van der Waals surface area contributed by atoms with Gasteiger partial charge in [-0.05, 0) is 32.3 Å². The fourth-order valence-electron chi connectivity index (χ4n) is 3.04. The summed E-state index contributed by atoms with van der Waals surface area (Å²) in [7, 11) is 3.89. The van der Waals surface area contributed by atoms with E-state index in [4.69, 9.17) is 0 Å². The molecule has 0 aromatic carbocycles. The van der Waals surface area contributed by atoms with Gasteiger partial charge in [0.1, 0.15) is 12.0 Å². The normalized spacial score (nSPS) is 11.4. The summed E-state index contributed by atoms with van der Waals surface area (Å²) in [6, 6.07) is 5.78. The van der Waals surface area contributed by atoms with E-state index in [1.165, 1.54) is 12.4 Å². The number of nitrogens with one attached hydrogen (secondary N) is 2. The maximum atomic E-state index is 12.1. The van der Waals surface area contributed by atoms with Gasteiger partial charge in [-0.25, -0.2) is 15.0 Å². The minimum atomic E-state index is -0.193. The Bertz CT molecular complexity index is 1200. The predicted molar refractivity (Wildman–Crippen MR) is 117 cm³/mol. The number of hydrogen-bond donors (Lipinski definition) is 2. The number of likely N-dealkylation sites (N-methyl/N-ethyl adjacent to an activating group) is 1. The number of carbonyl (C=O) groups is 1. The Morgan fingerprint density at radius 3 is 2.80 bits per heavy atom. The number of pyridine rings is 2. The Kier molecular flexibility index (Phi) is 5.58. The van der Waals surface area contributed by atoms with Gasteiger partial charge in [-0.3, -0.25) is 9.78 Å². The van der Waals surface area contributed by atoms with E-state index in [0.717, 1.165) is 33.4 Å². The molecule has 0 spiro atoms. The lowest BCUT2D eigenvalue weighted by atomic mass is 10.1. The summed E-state index contributed by atoms with van der Waals surface area (Å²) in [4.78, 5) is 34.4. The number of carbonyl (C=O) groups excluding carboxylic acids is 1. The van der Waals surface area contributed by atoms with Gasteiger partial charge in [-0.1, -0.05) is 6.08 Å². The number of anilines is 1. The molecule has 4 aromatic rings. The number of H-pyrrole nitrogens is 1. The second-order valence-electron chi connectivity index (χ2n) is 7.03. The quantitative estimate of drug-likeness (QED) is 0.483. The maximum Gasteiger partial charge on any atom is 0.248 e. The first-order valence-electron chi connectivity index (χ1n) is 9.41. The van der Waals surface area contributed by atoms with Crippen LogP contribution in [0.4, 0.5) is 5.69 Å². The molecule has 0 fully saturated rings. The van der Waals surface area contributed by atoms with Crippen molar-refractivity contribution in [3.8, 4) is 22.4 Å². The SMILES string of the molecule is CN(C)CC=CC(=O)Nc1cncc(-c2cnc3[nH]cc(-c4ccncn4)c3c2)c1. The summed E-state index contributed by atoms with van der Waals surface area (Å²) in [5.41, 5.74) is 4.91. The highest BCUT2D eigenvalue weighted by Crippen LogP contribution is 2.30. The van der Waals surface area contributed by atoms with Crippen molar-refractivity contribution in [2.24, 2.45) is 0 Å². The third kappa shape index (κ3) is 4.39. The van der Waals surface area contributed by atoms with Crippen LogP contribution < -0.4 is 5.32 Å². The molecule has 0 unspecified atom stereocenters. The molecule has 8 nitrogen and oxygen atoms in total. The fraction of sp³-hybridized carbons (Fsp3) is 0.136. The minimum absolute atomic E-state index is 0.193. The first-order chi connectivity index (χ1) is 14.6. The molecule has 0 aliphatic rings. The van der Waals surface area contributed by atoms with Crippen molar-refractivity contribution in [1.29, 1.82) is 0 Å². The highest BCUT2D eigenvalue weighted by Gasteiger charge is 2.10. The summed E-state index contributed by atoms with van der Waals surface area (Å²) in [5, 5.41) is 3.80. The Labute approximate surface area is 173 Å². The smallest absolute Gasteiger partial charge is 0.248 e. The van der Waals surface area contributed by atoms with Crippen molar-refractivity contribution in [3.05, 3.63) is 67.7 Å². The van der Waals surface area contributed by atoms with E-state index in [-0.39, 0.29) is 5.91 Å². The molecule has 4 rings (SSSR count). The second kappa shape index (κ2) is 8.62. The van der Waals surface area contributed by atoms with E-state index in [1.807, 2.05) is 49.5 Å². The van der Waals surface area contributed by atoms with Gasteiger partial charge in [-0.15, -0.1) is 0 Å². The molecule has 2 N–H and O–H groups in total. The van der Waals surface area contributed by atoms with Crippen LogP contribution in [0.2, 0.25) is 0 Å². The fourth-order valence-corrected chi connectivity index (χ4v) is 3.04. The van der Waals surface area contributed by atoms with Crippen molar-refractivity contribution in [2.45, 2.75) is 0 Å². The summed E-state index contributed by atoms with van der Waals surface area (Å²) in [6.45, 7) is 0.697. The molecule has 8 heteroatoms. The minimum Gasteiger partial charge on any atom is -0.345 e. The third-order valence-corrected chi connectivity index (χ3v) is 4.47. The average Bonchev–Trinajstić information content (AvgIpc) is 3.17. The van der Waals surface area contributed by atoms with Crippen LogP contribution in [0.15, 0.2) is 67.7 Å². The lowest BCUT2D eigenvalue weighted by Crippen LogP contribution is -2.13. The molecule has 30 heavy (non-hydrogen) atoms. The molecule has 150 valence electrons. The van der Waals surface area contributed by atoms with Gasteiger partial charge in [0.15, 0.2) is 0 Å². The number of nitrogens with zero attached hydrogens (tertiary/aromatic N) is 5. The number of aromatic amines is 1. The van der Waals surface area contributed by atoms with Gasteiger partial charge in [0.2, 0.25) is 5.91 Å². The summed E-state index contributed by atoms with van der Waals surface area (Å²) >= 11 is 0. The Morgan fingerprint density at radius 2 is 2.00 bits per heavy atom. The van der Waals surface area contributed by atoms with Gasteiger partial charge < -0.3 is 15.2 Å². The Hall–Kier alpha value is -3.91. The third-order valence-electron chi connectivity index (χ3n) is 4.47. The number of rotatable bonds is 6. The first-order valence-corrected chi connectivity index (χ1v) is 9.41. The second-order valence-corrected chi connectivity index (χ2v) is 7.03. The topological polar surface area (TPSA) is 99.7 Å². The zero-order chi connectivity index (χ0) is 20.9. The van der Waals surface area contributed by atoms with Crippen molar-refractivity contribution in [1.82, 2.24) is 29.8 Å². The average molecular weight is 399 g/mol. The van der Waals surface area contributed by atoms with Crippen molar-refractivity contribution >= 4 is 22.6 Å². The van der Waals surface area contributed by atoms with Crippen LogP contribution in [0.3, 0.4) is 0 Å². The van der Waals surface area contributed by atoms with Gasteiger partial charge in [0.25, 0.3) is 0 Å². The van der Waals surface area contributed by atoms with Crippen LogP contribution >= 0.6 is 0 Å². The van der Waals surface area contributed by atoms with Crippen LogP contribution in [-0.2, 0) is 4.79 Å². The van der Waals surface area contributed by atoms with E-state index >= 15 is 0 Å². The summed E-state index contributed by atoms with van der Waals surface area (Å²) < 4.78 is 0. The molecule has 0 atom stereocenters. The van der Waals surface area contributed by atoms with Gasteiger partial charge in [0, 0.05) is 59.5 Å². The summed E-state index contributed by atoms with van der Waals surface area (Å²) in [5.74, 6) is -0.193. The standard InChI is InChI=1S/C22H21N7O/c1-29(2)7-3-4-21(30)28-17-8-15(10-24-12-17)16-9-18-19(13-26-22(18)25-11-16)20-5-6-23-14-27-20/h3-6,8-14H,7H2,1-2H3,(H,25,26)(H,28,30). The molecular formula is C22H21N7O. The molecule has 4 aromatic heterocycles. The van der Waals surface area contributed by atoms with E-state index in [9.17, 15) is 4.79 Å². The molecule has 0 bridgehead atoms. The van der Waals surface area contributed by atoms with Crippen LogP contribution in [0.1, 0.15) is 0 Å². The maximum absolute atomic E-state index is 12.1. The van der Waals surface area contributed by atoms with E-state index in [2.05, 4.69) is 30.2 Å². The molecule has 1 amide bonds. The van der Waals surface area contributed by atoms with Gasteiger partial charge in [0.05, 0.1) is 17.6 Å². The molecule has 0 aliphatic carbocycles. The largest absolute Gasteiger partial charge is 0.345 e. The number of amides is 1. The molecule has 0 aliphatic heterocycles. The summed E-state index contributed by atoms with van der Waals surface area (Å²) in [6.07, 6.45) is 13.6. The zero-order valence-electron chi connectivity index (χ0n) is 16.7. The first kappa shape index (κ1) is 19.4. The highest BCUT2D eigenvalue weighted by atomic mass is 16.1. The van der Waals surface area contributed by atoms with Crippen LogP contribution in [0.25, 0.3) is 33.4 Å². The van der Waals surface area contributed by atoms with Crippen LogP contribution in [-0.4, -0.2) is 56.4 Å². The zero-order valence-corrected chi connectivity index (χ0v) is 16.7. The van der Waals surface area contributed by atoms with Gasteiger partial charge >= 0.3 is 0 Å². The molecule has 4 heterocycles. The van der Waals surface area contributed by atoms with E-state index in [0.29, 0.717) is 12.2 Å². The molecular weight excluding hydrogens is 378 g/mol. The number of fused-ring (bicyclic) bond motifs is 1. The monoisotopic (exact) mass is 399 g/mol. The van der Waals surface area contributed by atoms with E-state index in [1.54, 1.807) is 24.8 Å². The Balaban J connectivity index is 1.61. The lowest BCUT2D eigenvalue weighted by Gasteiger charge is -2.07. The lowest BCUT2D eigenvalue weighted by molar-refractivity contribution is -0.111. The highest BCUT2D eigenvalue weighted by molar-refractivity contribution is 6.00. The van der Waals surface area contributed by atoms with Crippen LogP contribution in [0, 0.1) is 0 Å².